The fourth-order valence-corrected chi connectivity index (χ4v) is 6.27. The Labute approximate surface area is 180 Å². The van der Waals surface area contributed by atoms with Gasteiger partial charge in [-0.3, -0.25) is 18.7 Å². The lowest BCUT2D eigenvalue weighted by Crippen LogP contribution is -2.35. The van der Waals surface area contributed by atoms with Gasteiger partial charge in [0.1, 0.15) is 0 Å². The second-order valence-corrected chi connectivity index (χ2v) is 9.55. The molecule has 0 saturated carbocycles. The van der Waals surface area contributed by atoms with E-state index in [0.717, 1.165) is 24.3 Å². The molecule has 0 fully saturated rings. The van der Waals surface area contributed by atoms with E-state index >= 15 is 0 Å². The number of fused-ring (bicyclic) bond motifs is 4. The first-order chi connectivity index (χ1) is 14.7. The lowest BCUT2D eigenvalue weighted by atomic mass is 9.98. The highest BCUT2D eigenvalue weighted by Gasteiger charge is 2.31. The Hall–Kier alpha value is -2.81. The largest absolute Gasteiger partial charge is 0.284 e. The van der Waals surface area contributed by atoms with Gasteiger partial charge in [0, 0.05) is 23.3 Å². The summed E-state index contributed by atoms with van der Waals surface area (Å²) in [5.74, 6) is 1.44. The molecule has 1 aliphatic rings. The summed E-state index contributed by atoms with van der Waals surface area (Å²) in [4.78, 5) is 18.0. The molecule has 0 spiro atoms. The van der Waals surface area contributed by atoms with E-state index in [-0.39, 0.29) is 11.6 Å². The topological polar surface area (TPSA) is 55.4 Å². The van der Waals surface area contributed by atoms with Crippen molar-refractivity contribution >= 4 is 39.4 Å². The van der Waals surface area contributed by atoms with E-state index < -0.39 is 0 Å². The molecule has 5 heterocycles. The van der Waals surface area contributed by atoms with Crippen LogP contribution in [0.3, 0.4) is 0 Å². The fraction of sp³-hybridized carbons (Fsp3) is 0.227. The number of rotatable bonds is 3. The summed E-state index contributed by atoms with van der Waals surface area (Å²) in [6.07, 6.45) is 1.05. The van der Waals surface area contributed by atoms with Crippen LogP contribution in [0.5, 0.6) is 0 Å². The van der Waals surface area contributed by atoms with Gasteiger partial charge in [-0.2, -0.15) is 0 Å². The quantitative estimate of drug-likeness (QED) is 0.434. The number of nitrogens with zero attached hydrogens (tertiary/aromatic N) is 5. The molecule has 6 nitrogen and oxygen atoms in total. The lowest BCUT2D eigenvalue weighted by molar-refractivity contribution is 0.203. The first-order valence-electron chi connectivity index (χ1n) is 9.88. The standard InChI is InChI=1S/C22H19N5OS2/c1-25-21(28)14-5-2-3-6-16(14)27-19(23-24-22(25)27)13-26-10-8-17-15(9-12-30-17)20(26)18-7-4-11-29-18/h2-7,9,11-12,20H,8,10,13H2,1H3/t20-/m1/s1. The van der Waals surface area contributed by atoms with E-state index in [1.165, 1.54) is 15.3 Å². The zero-order chi connectivity index (χ0) is 20.2. The van der Waals surface area contributed by atoms with Gasteiger partial charge < -0.3 is 0 Å². The molecule has 0 radical (unpaired) electrons. The van der Waals surface area contributed by atoms with Crippen LogP contribution in [0.15, 0.2) is 58.0 Å². The van der Waals surface area contributed by atoms with Crippen molar-refractivity contribution in [3.63, 3.8) is 0 Å². The average molecular weight is 434 g/mol. The Bertz CT molecular complexity index is 1430. The molecule has 0 saturated heterocycles. The van der Waals surface area contributed by atoms with Crippen LogP contribution in [0.25, 0.3) is 16.7 Å². The molecule has 150 valence electrons. The molecule has 0 bridgehead atoms. The zero-order valence-corrected chi connectivity index (χ0v) is 18.0. The Morgan fingerprint density at radius 3 is 2.83 bits per heavy atom. The molecule has 1 aliphatic heterocycles. The smallest absolute Gasteiger partial charge is 0.262 e. The third-order valence-electron chi connectivity index (χ3n) is 5.92. The van der Waals surface area contributed by atoms with Crippen LogP contribution in [-0.4, -0.2) is 30.6 Å². The highest BCUT2D eigenvalue weighted by molar-refractivity contribution is 7.10. The van der Waals surface area contributed by atoms with Gasteiger partial charge in [-0.05, 0) is 47.0 Å². The molecule has 1 aromatic carbocycles. The number of benzene rings is 1. The first kappa shape index (κ1) is 18.0. The zero-order valence-electron chi connectivity index (χ0n) is 16.4. The molecule has 0 unspecified atom stereocenters. The Morgan fingerprint density at radius 1 is 1.07 bits per heavy atom. The minimum atomic E-state index is -0.0469. The van der Waals surface area contributed by atoms with E-state index in [1.807, 2.05) is 40.0 Å². The molecule has 8 heteroatoms. The van der Waals surface area contributed by atoms with Gasteiger partial charge in [-0.15, -0.1) is 32.9 Å². The summed E-state index contributed by atoms with van der Waals surface area (Å²) in [6.45, 7) is 1.63. The molecular formula is C22H19N5OS2. The molecule has 1 atom stereocenters. The molecule has 6 rings (SSSR count). The predicted molar refractivity (Wildman–Crippen MR) is 120 cm³/mol. The van der Waals surface area contributed by atoms with Gasteiger partial charge in [-0.1, -0.05) is 18.2 Å². The van der Waals surface area contributed by atoms with Crippen LogP contribution in [0.4, 0.5) is 0 Å². The maximum absolute atomic E-state index is 12.7. The molecule has 0 amide bonds. The summed E-state index contributed by atoms with van der Waals surface area (Å²) in [5.41, 5.74) is 2.21. The monoisotopic (exact) mass is 433 g/mol. The van der Waals surface area contributed by atoms with Crippen LogP contribution >= 0.6 is 22.7 Å². The van der Waals surface area contributed by atoms with Crippen molar-refractivity contribution in [2.75, 3.05) is 6.54 Å². The minimum Gasteiger partial charge on any atom is -0.284 e. The molecular weight excluding hydrogens is 414 g/mol. The summed E-state index contributed by atoms with van der Waals surface area (Å²) in [7, 11) is 1.76. The van der Waals surface area contributed by atoms with Crippen LogP contribution in [0.1, 0.15) is 27.2 Å². The van der Waals surface area contributed by atoms with Crippen molar-refractivity contribution < 1.29 is 0 Å². The Balaban J connectivity index is 1.50. The van der Waals surface area contributed by atoms with E-state index in [4.69, 9.17) is 0 Å². The van der Waals surface area contributed by atoms with Crippen molar-refractivity contribution in [1.29, 1.82) is 0 Å². The highest BCUT2D eigenvalue weighted by atomic mass is 32.1. The van der Waals surface area contributed by atoms with Gasteiger partial charge >= 0.3 is 0 Å². The summed E-state index contributed by atoms with van der Waals surface area (Å²) >= 11 is 3.65. The Morgan fingerprint density at radius 2 is 1.97 bits per heavy atom. The van der Waals surface area contributed by atoms with Crippen LogP contribution in [0, 0.1) is 0 Å². The van der Waals surface area contributed by atoms with Crippen molar-refractivity contribution in [3.8, 4) is 0 Å². The minimum absolute atomic E-state index is 0.0469. The van der Waals surface area contributed by atoms with Crippen molar-refractivity contribution in [2.45, 2.75) is 19.0 Å². The van der Waals surface area contributed by atoms with Gasteiger partial charge in [0.15, 0.2) is 5.82 Å². The molecule has 0 N–H and O–H groups in total. The van der Waals surface area contributed by atoms with Gasteiger partial charge in [-0.25, -0.2) is 0 Å². The van der Waals surface area contributed by atoms with Crippen molar-refractivity contribution in [1.82, 2.24) is 24.1 Å². The van der Waals surface area contributed by atoms with Crippen LogP contribution in [0.2, 0.25) is 0 Å². The number of hydrogen-bond donors (Lipinski definition) is 0. The van der Waals surface area contributed by atoms with Gasteiger partial charge in [0.2, 0.25) is 5.78 Å². The molecule has 4 aromatic heterocycles. The maximum Gasteiger partial charge on any atom is 0.262 e. The lowest BCUT2D eigenvalue weighted by Gasteiger charge is -2.34. The third kappa shape index (κ3) is 2.61. The second-order valence-electron chi connectivity index (χ2n) is 7.57. The number of para-hydroxylation sites is 1. The number of aromatic nitrogens is 4. The molecule has 5 aromatic rings. The number of hydrogen-bond acceptors (Lipinski definition) is 6. The normalized spacial score (nSPS) is 17.0. The van der Waals surface area contributed by atoms with Gasteiger partial charge in [0.05, 0.1) is 23.5 Å². The van der Waals surface area contributed by atoms with Crippen LogP contribution in [-0.2, 0) is 20.0 Å². The number of thiophene rings is 2. The maximum atomic E-state index is 12.7. The average Bonchev–Trinajstić information content (AvgIpc) is 3.52. The molecule has 30 heavy (non-hydrogen) atoms. The van der Waals surface area contributed by atoms with Crippen LogP contribution < -0.4 is 5.56 Å². The van der Waals surface area contributed by atoms with E-state index in [1.54, 1.807) is 23.0 Å². The third-order valence-corrected chi connectivity index (χ3v) is 7.84. The SMILES string of the molecule is Cn1c(=O)c2ccccc2n2c(CN3CCc4sccc4[C@@H]3c3cccs3)nnc12. The summed E-state index contributed by atoms with van der Waals surface area (Å²) < 4.78 is 3.62. The van der Waals surface area contributed by atoms with E-state index in [2.05, 4.69) is 44.1 Å². The fourth-order valence-electron chi connectivity index (χ4n) is 4.49. The first-order valence-corrected chi connectivity index (χ1v) is 11.6. The number of aryl methyl sites for hydroxylation is 1. The summed E-state index contributed by atoms with van der Waals surface area (Å²) in [5, 5.41) is 13.9. The van der Waals surface area contributed by atoms with E-state index in [0.29, 0.717) is 17.7 Å². The highest BCUT2D eigenvalue weighted by Crippen LogP contribution is 2.40. The van der Waals surface area contributed by atoms with E-state index in [9.17, 15) is 4.79 Å². The molecule has 0 aliphatic carbocycles. The van der Waals surface area contributed by atoms with Gasteiger partial charge in [0.25, 0.3) is 5.56 Å². The summed E-state index contributed by atoms with van der Waals surface area (Å²) in [6, 6.07) is 14.5. The Kier molecular flexibility index (Phi) is 4.12. The second kappa shape index (κ2) is 6.87. The van der Waals surface area contributed by atoms with Crippen molar-refractivity contribution in [2.24, 2.45) is 7.05 Å². The predicted octanol–water partition coefficient (Wildman–Crippen LogP) is 3.85. The van der Waals surface area contributed by atoms with Crippen molar-refractivity contribution in [3.05, 3.63) is 84.7 Å².